The fourth-order valence-electron chi connectivity index (χ4n) is 3.29. The first-order valence-electron chi connectivity index (χ1n) is 8.01. The predicted octanol–water partition coefficient (Wildman–Crippen LogP) is 4.53. The zero-order valence-electron chi connectivity index (χ0n) is 13.7. The maximum absolute atomic E-state index is 13.2. The molecular formula is C20H18F2O2. The highest BCUT2D eigenvalue weighted by Gasteiger charge is 2.23. The van der Waals surface area contributed by atoms with Crippen LogP contribution in [0, 0.1) is 25.5 Å². The minimum absolute atomic E-state index is 0.0532. The molecule has 0 spiro atoms. The Hall–Kier alpha value is -2.36. The number of carbonyl (C=O) groups excluding carboxylic acids is 2. The molecule has 0 amide bonds. The highest BCUT2D eigenvalue weighted by molar-refractivity contribution is 6.01. The third kappa shape index (κ3) is 3.01. The van der Waals surface area contributed by atoms with Gasteiger partial charge in [0.15, 0.2) is 11.6 Å². The summed E-state index contributed by atoms with van der Waals surface area (Å²) in [5.74, 6) is -0.608. The fourth-order valence-corrected chi connectivity index (χ4v) is 3.29. The molecule has 124 valence electrons. The molecule has 0 atom stereocenters. The van der Waals surface area contributed by atoms with Crippen LogP contribution in [0.3, 0.4) is 0 Å². The van der Waals surface area contributed by atoms with Gasteiger partial charge in [-0.2, -0.15) is 0 Å². The van der Waals surface area contributed by atoms with Crippen LogP contribution >= 0.6 is 0 Å². The van der Waals surface area contributed by atoms with Gasteiger partial charge in [-0.3, -0.25) is 9.59 Å². The van der Waals surface area contributed by atoms with Gasteiger partial charge in [-0.25, -0.2) is 8.78 Å². The van der Waals surface area contributed by atoms with E-state index in [1.165, 1.54) is 12.1 Å². The zero-order chi connectivity index (χ0) is 17.4. The lowest BCUT2D eigenvalue weighted by molar-refractivity contribution is 0.0984. The van der Waals surface area contributed by atoms with E-state index in [1.54, 1.807) is 13.0 Å². The number of hydrogen-bond donors (Lipinski definition) is 0. The predicted molar refractivity (Wildman–Crippen MR) is 87.6 cm³/mol. The molecule has 2 aliphatic carbocycles. The van der Waals surface area contributed by atoms with Gasteiger partial charge in [-0.15, -0.1) is 0 Å². The van der Waals surface area contributed by atoms with E-state index in [1.807, 2.05) is 13.0 Å². The number of hydrogen-bond acceptors (Lipinski definition) is 2. The van der Waals surface area contributed by atoms with E-state index >= 15 is 0 Å². The molecule has 0 bridgehead atoms. The Morgan fingerprint density at radius 1 is 0.750 bits per heavy atom. The van der Waals surface area contributed by atoms with Gasteiger partial charge in [0.05, 0.1) is 5.56 Å². The van der Waals surface area contributed by atoms with Crippen molar-refractivity contribution < 1.29 is 18.4 Å². The number of benzene rings is 2. The summed E-state index contributed by atoms with van der Waals surface area (Å²) in [6, 6.07) is 6.45. The van der Waals surface area contributed by atoms with Gasteiger partial charge in [0, 0.05) is 18.4 Å². The first-order valence-corrected chi connectivity index (χ1v) is 8.01. The molecule has 0 fully saturated rings. The molecule has 0 heterocycles. The Balaban J connectivity index is 0.000000141. The van der Waals surface area contributed by atoms with Crippen LogP contribution in [0.25, 0.3) is 0 Å². The average molecular weight is 328 g/mol. The molecule has 2 aromatic carbocycles. The van der Waals surface area contributed by atoms with Crippen LogP contribution in [-0.4, -0.2) is 11.6 Å². The van der Waals surface area contributed by atoms with E-state index in [0.29, 0.717) is 36.0 Å². The maximum atomic E-state index is 13.2. The van der Waals surface area contributed by atoms with Crippen LogP contribution in [0.15, 0.2) is 24.3 Å². The Bertz CT molecular complexity index is 853. The summed E-state index contributed by atoms with van der Waals surface area (Å²) in [5.41, 5.74) is 4.29. The fraction of sp³-hybridized carbons (Fsp3) is 0.300. The van der Waals surface area contributed by atoms with Crippen molar-refractivity contribution >= 4 is 11.6 Å². The van der Waals surface area contributed by atoms with Gasteiger partial charge < -0.3 is 0 Å². The Kier molecular flexibility index (Phi) is 4.31. The minimum Gasteiger partial charge on any atom is -0.294 e. The summed E-state index contributed by atoms with van der Waals surface area (Å²) in [6.45, 7) is 3.56. The van der Waals surface area contributed by atoms with Crippen molar-refractivity contribution in [1.82, 2.24) is 0 Å². The van der Waals surface area contributed by atoms with Crippen LogP contribution in [0.5, 0.6) is 0 Å². The molecule has 0 N–H and O–H groups in total. The minimum atomic E-state index is -0.354. The second-order valence-corrected chi connectivity index (χ2v) is 6.39. The summed E-state index contributed by atoms with van der Waals surface area (Å²) in [5, 5.41) is 0. The van der Waals surface area contributed by atoms with Crippen LogP contribution in [0.4, 0.5) is 8.78 Å². The SMILES string of the molecule is Cc1cc(F)c2c(c1)CCC2=O.Cc1cc2c(cc1F)C(=O)CC2. The van der Waals surface area contributed by atoms with Crippen molar-refractivity contribution in [3.8, 4) is 0 Å². The molecule has 0 saturated heterocycles. The lowest BCUT2D eigenvalue weighted by atomic mass is 10.1. The van der Waals surface area contributed by atoms with E-state index in [-0.39, 0.29) is 23.2 Å². The summed E-state index contributed by atoms with van der Waals surface area (Å²) in [4.78, 5) is 22.3. The molecule has 0 aliphatic heterocycles. The van der Waals surface area contributed by atoms with Crippen molar-refractivity contribution in [1.29, 1.82) is 0 Å². The number of ketones is 2. The van der Waals surface area contributed by atoms with E-state index < -0.39 is 0 Å². The van der Waals surface area contributed by atoms with Gasteiger partial charge in [0.25, 0.3) is 0 Å². The second-order valence-electron chi connectivity index (χ2n) is 6.39. The smallest absolute Gasteiger partial charge is 0.166 e. The molecule has 0 saturated carbocycles. The Morgan fingerprint density at radius 3 is 2.17 bits per heavy atom. The van der Waals surface area contributed by atoms with E-state index in [0.717, 1.165) is 23.1 Å². The molecule has 2 nitrogen and oxygen atoms in total. The van der Waals surface area contributed by atoms with Gasteiger partial charge in [-0.05, 0) is 61.1 Å². The number of fused-ring (bicyclic) bond motifs is 2. The normalized spacial score (nSPS) is 15.0. The Labute approximate surface area is 139 Å². The van der Waals surface area contributed by atoms with Crippen LogP contribution in [0.1, 0.15) is 55.8 Å². The largest absolute Gasteiger partial charge is 0.294 e. The number of carbonyl (C=O) groups is 2. The van der Waals surface area contributed by atoms with Crippen LogP contribution in [-0.2, 0) is 12.8 Å². The number of Topliss-reactive ketones (excluding diaryl/α,β-unsaturated/α-hetero) is 2. The summed E-state index contributed by atoms with van der Waals surface area (Å²) in [6.07, 6.45) is 2.48. The molecule has 24 heavy (non-hydrogen) atoms. The molecule has 0 aromatic heterocycles. The molecule has 4 heteroatoms. The molecule has 4 rings (SSSR count). The molecule has 0 radical (unpaired) electrons. The third-order valence-corrected chi connectivity index (χ3v) is 4.52. The van der Waals surface area contributed by atoms with Gasteiger partial charge in [0.2, 0.25) is 0 Å². The molecular weight excluding hydrogens is 310 g/mol. The van der Waals surface area contributed by atoms with E-state index in [9.17, 15) is 18.4 Å². The third-order valence-electron chi connectivity index (χ3n) is 4.52. The highest BCUT2D eigenvalue weighted by atomic mass is 19.1. The van der Waals surface area contributed by atoms with E-state index in [2.05, 4.69) is 0 Å². The van der Waals surface area contributed by atoms with Crippen molar-refractivity contribution in [3.63, 3.8) is 0 Å². The van der Waals surface area contributed by atoms with Crippen molar-refractivity contribution in [2.24, 2.45) is 0 Å². The zero-order valence-corrected chi connectivity index (χ0v) is 13.7. The van der Waals surface area contributed by atoms with Crippen LogP contribution < -0.4 is 0 Å². The maximum Gasteiger partial charge on any atom is 0.166 e. The van der Waals surface area contributed by atoms with Gasteiger partial charge >= 0.3 is 0 Å². The topological polar surface area (TPSA) is 34.1 Å². The van der Waals surface area contributed by atoms with E-state index in [4.69, 9.17) is 0 Å². The monoisotopic (exact) mass is 328 g/mol. The summed E-state index contributed by atoms with van der Waals surface area (Å²) in [7, 11) is 0. The number of halogens is 2. The van der Waals surface area contributed by atoms with Crippen molar-refractivity contribution in [2.75, 3.05) is 0 Å². The van der Waals surface area contributed by atoms with Gasteiger partial charge in [0.1, 0.15) is 11.6 Å². The Morgan fingerprint density at radius 2 is 1.42 bits per heavy atom. The quantitative estimate of drug-likeness (QED) is 0.712. The van der Waals surface area contributed by atoms with Crippen molar-refractivity contribution in [3.05, 3.63) is 69.3 Å². The lowest BCUT2D eigenvalue weighted by Gasteiger charge is -2.00. The first-order chi connectivity index (χ1) is 11.4. The lowest BCUT2D eigenvalue weighted by Crippen LogP contribution is -1.96. The first kappa shape index (κ1) is 16.5. The molecule has 0 unspecified atom stereocenters. The highest BCUT2D eigenvalue weighted by Crippen LogP contribution is 2.26. The summed E-state index contributed by atoms with van der Waals surface area (Å²) < 4.78 is 26.2. The standard InChI is InChI=1S/2C10H9FO/c1-6-4-7-2-3-10(12)8(7)5-9(6)11;1-6-4-7-2-3-9(12)10(7)8(11)5-6/h2*4-5H,2-3H2,1H3. The van der Waals surface area contributed by atoms with Crippen molar-refractivity contribution in [2.45, 2.75) is 39.5 Å². The molecule has 2 aromatic rings. The molecule has 2 aliphatic rings. The average Bonchev–Trinajstić information content (AvgIpc) is 3.05. The number of aryl methyl sites for hydroxylation is 4. The second kappa shape index (κ2) is 6.27. The van der Waals surface area contributed by atoms with Gasteiger partial charge in [-0.1, -0.05) is 12.1 Å². The van der Waals surface area contributed by atoms with Crippen LogP contribution in [0.2, 0.25) is 0 Å². The summed E-state index contributed by atoms with van der Waals surface area (Å²) >= 11 is 0. The number of rotatable bonds is 0.